The molecule has 41 heavy (non-hydrogen) atoms. The van der Waals surface area contributed by atoms with E-state index in [-0.39, 0.29) is 16.2 Å². The van der Waals surface area contributed by atoms with Crippen molar-refractivity contribution in [3.05, 3.63) is 118 Å². The highest BCUT2D eigenvalue weighted by Gasteiger charge is 2.27. The van der Waals surface area contributed by atoms with Crippen LogP contribution in [0, 0.1) is 6.92 Å². The average molecular weight is 635 g/mol. The van der Waals surface area contributed by atoms with E-state index in [2.05, 4.69) is 47.3 Å². The number of rotatable bonds is 8. The predicted octanol–water partition coefficient (Wildman–Crippen LogP) is 7.14. The highest BCUT2D eigenvalue weighted by molar-refractivity contribution is 9.10. The molecule has 0 unspecified atom stereocenters. The van der Waals surface area contributed by atoms with Gasteiger partial charge < -0.3 is 10.6 Å². The number of carbonyl (C=O) groups is 2. The number of benzene rings is 4. The highest BCUT2D eigenvalue weighted by Crippen LogP contribution is 2.26. The maximum absolute atomic E-state index is 13.6. The molecule has 9 heteroatoms. The zero-order chi connectivity index (χ0) is 29.8. The molecule has 0 bridgehead atoms. The smallest absolute Gasteiger partial charge is 0.264 e. The molecule has 0 aliphatic heterocycles. The van der Waals surface area contributed by atoms with Crippen LogP contribution >= 0.6 is 15.9 Å². The molecule has 0 heterocycles. The van der Waals surface area contributed by atoms with Crippen LogP contribution in [0.5, 0.6) is 0 Å². The van der Waals surface area contributed by atoms with Crippen LogP contribution in [0.15, 0.2) is 106 Å². The second kappa shape index (κ2) is 12.3. The van der Waals surface area contributed by atoms with Crippen LogP contribution in [0.25, 0.3) is 0 Å². The number of carbonyl (C=O) groups excluding carboxylic acids is 2. The van der Waals surface area contributed by atoms with Crippen molar-refractivity contribution in [1.82, 2.24) is 0 Å². The van der Waals surface area contributed by atoms with Crippen LogP contribution in [0.2, 0.25) is 0 Å². The number of aryl methyl sites for hydroxylation is 1. The average Bonchev–Trinajstić information content (AvgIpc) is 2.92. The summed E-state index contributed by atoms with van der Waals surface area (Å²) in [5, 5.41) is 5.61. The lowest BCUT2D eigenvalue weighted by Crippen LogP contribution is -2.38. The molecule has 7 nitrogen and oxygen atoms in total. The number of sulfonamides is 1. The van der Waals surface area contributed by atoms with Crippen molar-refractivity contribution < 1.29 is 18.0 Å². The minimum atomic E-state index is -4.04. The topological polar surface area (TPSA) is 95.6 Å². The summed E-state index contributed by atoms with van der Waals surface area (Å²) < 4.78 is 29.0. The SMILES string of the molecule is Cc1ccc(S(=O)(=O)N(CC(=O)Nc2cccc(NC(=O)c3ccc(C(C)(C)C)cc3)c2)c2ccc(Br)cc2)cc1. The Morgan fingerprint density at radius 1 is 0.805 bits per heavy atom. The minimum absolute atomic E-state index is 0.0199. The zero-order valence-corrected chi connectivity index (χ0v) is 25.7. The van der Waals surface area contributed by atoms with Crippen molar-refractivity contribution >= 4 is 54.8 Å². The molecule has 4 rings (SSSR count). The molecule has 4 aromatic rings. The Balaban J connectivity index is 1.50. The number of hydrogen-bond donors (Lipinski definition) is 2. The molecule has 2 amide bonds. The highest BCUT2D eigenvalue weighted by atomic mass is 79.9. The van der Waals surface area contributed by atoms with Crippen molar-refractivity contribution in [2.24, 2.45) is 0 Å². The van der Waals surface area contributed by atoms with Crippen LogP contribution < -0.4 is 14.9 Å². The first-order valence-corrected chi connectivity index (χ1v) is 15.2. The van der Waals surface area contributed by atoms with Crippen LogP contribution in [-0.2, 0) is 20.2 Å². The number of amides is 2. The fourth-order valence-electron chi connectivity index (χ4n) is 4.09. The molecule has 0 spiro atoms. The Labute approximate surface area is 249 Å². The quantitative estimate of drug-likeness (QED) is 0.215. The molecule has 4 aromatic carbocycles. The molecule has 212 valence electrons. The lowest BCUT2D eigenvalue weighted by atomic mass is 9.87. The van der Waals surface area contributed by atoms with Gasteiger partial charge in [-0.25, -0.2) is 8.42 Å². The number of hydrogen-bond acceptors (Lipinski definition) is 4. The molecule has 2 N–H and O–H groups in total. The van der Waals surface area contributed by atoms with Crippen molar-refractivity contribution in [3.8, 4) is 0 Å². The zero-order valence-electron chi connectivity index (χ0n) is 23.3. The Kier molecular flexibility index (Phi) is 8.99. The van der Waals surface area contributed by atoms with E-state index in [1.54, 1.807) is 72.8 Å². The van der Waals surface area contributed by atoms with Crippen LogP contribution in [0.3, 0.4) is 0 Å². The van der Waals surface area contributed by atoms with Crippen molar-refractivity contribution in [2.45, 2.75) is 38.0 Å². The van der Waals surface area contributed by atoms with Crippen LogP contribution in [0.1, 0.15) is 42.3 Å². The van der Waals surface area contributed by atoms with Gasteiger partial charge in [0.1, 0.15) is 6.54 Å². The summed E-state index contributed by atoms with van der Waals surface area (Å²) in [7, 11) is -4.04. The lowest BCUT2D eigenvalue weighted by molar-refractivity contribution is -0.114. The fraction of sp³-hybridized carbons (Fsp3) is 0.188. The largest absolute Gasteiger partial charge is 0.324 e. The first kappa shape index (κ1) is 30.0. The van der Waals surface area contributed by atoms with Gasteiger partial charge >= 0.3 is 0 Å². The van der Waals surface area contributed by atoms with Crippen LogP contribution in [0.4, 0.5) is 17.1 Å². The summed E-state index contributed by atoms with van der Waals surface area (Å²) in [6, 6.07) is 27.3. The third-order valence-corrected chi connectivity index (χ3v) is 8.74. The Morgan fingerprint density at radius 2 is 1.39 bits per heavy atom. The van der Waals surface area contributed by atoms with Crippen molar-refractivity contribution in [1.29, 1.82) is 0 Å². The first-order valence-electron chi connectivity index (χ1n) is 13.0. The van der Waals surface area contributed by atoms with Gasteiger partial charge in [-0.2, -0.15) is 0 Å². The van der Waals surface area contributed by atoms with E-state index < -0.39 is 22.5 Å². The molecule has 0 saturated heterocycles. The maximum Gasteiger partial charge on any atom is 0.264 e. The van der Waals surface area contributed by atoms with Gasteiger partial charge in [-0.3, -0.25) is 13.9 Å². The van der Waals surface area contributed by atoms with E-state index in [0.717, 1.165) is 19.9 Å². The molecule has 0 aliphatic carbocycles. The number of nitrogens with zero attached hydrogens (tertiary/aromatic N) is 1. The van der Waals surface area contributed by atoms with Crippen molar-refractivity contribution in [2.75, 3.05) is 21.5 Å². The minimum Gasteiger partial charge on any atom is -0.324 e. The molecular weight excluding hydrogens is 602 g/mol. The summed E-state index contributed by atoms with van der Waals surface area (Å²) in [6.07, 6.45) is 0. The normalized spacial score (nSPS) is 11.5. The van der Waals surface area contributed by atoms with E-state index in [0.29, 0.717) is 22.6 Å². The van der Waals surface area contributed by atoms with Crippen molar-refractivity contribution in [3.63, 3.8) is 0 Å². The molecule has 0 fully saturated rings. The summed E-state index contributed by atoms with van der Waals surface area (Å²) >= 11 is 3.37. The summed E-state index contributed by atoms with van der Waals surface area (Å²) in [5.41, 5.74) is 3.80. The first-order chi connectivity index (χ1) is 19.3. The van der Waals surface area contributed by atoms with E-state index in [9.17, 15) is 18.0 Å². The van der Waals surface area contributed by atoms with E-state index in [1.165, 1.54) is 12.1 Å². The Bertz CT molecular complexity index is 1650. The van der Waals surface area contributed by atoms with Gasteiger partial charge in [-0.05, 0) is 84.6 Å². The summed E-state index contributed by atoms with van der Waals surface area (Å²) in [4.78, 5) is 26.1. The predicted molar refractivity (Wildman–Crippen MR) is 168 cm³/mol. The number of nitrogens with one attached hydrogen (secondary N) is 2. The molecular formula is C32H32BrN3O4S. The van der Waals surface area contributed by atoms with Crippen LogP contribution in [-0.4, -0.2) is 26.8 Å². The molecule has 0 aliphatic rings. The monoisotopic (exact) mass is 633 g/mol. The Hall–Kier alpha value is -3.95. The van der Waals surface area contributed by atoms with Gasteiger partial charge in [-0.15, -0.1) is 0 Å². The molecule has 0 atom stereocenters. The molecule has 0 saturated carbocycles. The van der Waals surface area contributed by atoms with Gasteiger partial charge in [0.05, 0.1) is 10.6 Å². The second-order valence-corrected chi connectivity index (χ2v) is 13.5. The van der Waals surface area contributed by atoms with Gasteiger partial charge in [0.15, 0.2) is 0 Å². The van der Waals surface area contributed by atoms with E-state index in [4.69, 9.17) is 0 Å². The second-order valence-electron chi connectivity index (χ2n) is 10.7. The third-order valence-electron chi connectivity index (χ3n) is 6.43. The summed E-state index contributed by atoms with van der Waals surface area (Å²) in [6.45, 7) is 7.75. The van der Waals surface area contributed by atoms with Gasteiger partial charge in [-0.1, -0.05) is 72.6 Å². The Morgan fingerprint density at radius 3 is 1.98 bits per heavy atom. The third kappa shape index (κ3) is 7.62. The number of halogens is 1. The molecule has 0 radical (unpaired) electrons. The van der Waals surface area contributed by atoms with E-state index >= 15 is 0 Å². The lowest BCUT2D eigenvalue weighted by Gasteiger charge is -2.24. The fourth-order valence-corrected chi connectivity index (χ4v) is 5.78. The number of anilines is 3. The van der Waals surface area contributed by atoms with E-state index in [1.807, 2.05) is 19.1 Å². The van der Waals surface area contributed by atoms with Gasteiger partial charge in [0, 0.05) is 21.4 Å². The molecule has 0 aromatic heterocycles. The van der Waals surface area contributed by atoms with Gasteiger partial charge in [0.2, 0.25) is 5.91 Å². The maximum atomic E-state index is 13.6. The summed E-state index contributed by atoms with van der Waals surface area (Å²) in [5.74, 6) is -0.815. The van der Waals surface area contributed by atoms with Gasteiger partial charge in [0.25, 0.3) is 15.9 Å². The standard InChI is InChI=1S/C32H32BrN3O4S/c1-22-8-18-29(19-9-22)41(39,40)36(28-16-14-25(33)15-17-28)21-30(37)34-26-6-5-7-27(20-26)35-31(38)23-10-12-24(13-11-23)32(2,3)4/h5-20H,21H2,1-4H3,(H,34,37)(H,35,38).